The SMILES string of the molecule is Cc1cnccc1NC(=O)N1CCCC(Nc2ccc(N(C)C)nc2)CC1. The standard InChI is InChI=1S/C20H28N6O/c1-15-13-21-10-8-18(15)24-20(27)26-11-4-5-16(9-12-26)23-17-6-7-19(22-14-17)25(2)3/h6-8,10,13-14,16,23H,4-5,9,11-12H2,1-3H3,(H,21,24,27). The number of nitrogens with one attached hydrogen (secondary N) is 2. The predicted molar refractivity (Wildman–Crippen MR) is 109 cm³/mol. The van der Waals surface area contributed by atoms with E-state index in [0.717, 1.165) is 55.1 Å². The van der Waals surface area contributed by atoms with Crippen LogP contribution >= 0.6 is 0 Å². The van der Waals surface area contributed by atoms with E-state index in [9.17, 15) is 4.79 Å². The lowest BCUT2D eigenvalue weighted by Crippen LogP contribution is -2.36. The van der Waals surface area contributed by atoms with Crippen LogP contribution in [0, 0.1) is 6.92 Å². The molecule has 7 nitrogen and oxygen atoms in total. The van der Waals surface area contributed by atoms with Crippen molar-refractivity contribution in [3.05, 3.63) is 42.4 Å². The van der Waals surface area contributed by atoms with Crippen LogP contribution in [0.3, 0.4) is 0 Å². The number of carbonyl (C=O) groups excluding carboxylic acids is 1. The first-order chi connectivity index (χ1) is 13.0. The van der Waals surface area contributed by atoms with Gasteiger partial charge in [0.25, 0.3) is 0 Å². The summed E-state index contributed by atoms with van der Waals surface area (Å²) in [5, 5.41) is 6.56. The van der Waals surface area contributed by atoms with Crippen molar-refractivity contribution in [1.82, 2.24) is 14.9 Å². The van der Waals surface area contributed by atoms with Gasteiger partial charge in [0.05, 0.1) is 11.9 Å². The van der Waals surface area contributed by atoms with Gasteiger partial charge >= 0.3 is 6.03 Å². The number of aryl methyl sites for hydroxylation is 1. The number of aromatic nitrogens is 2. The highest BCUT2D eigenvalue weighted by molar-refractivity contribution is 5.90. The summed E-state index contributed by atoms with van der Waals surface area (Å²) < 4.78 is 0. The van der Waals surface area contributed by atoms with E-state index in [2.05, 4.69) is 26.7 Å². The molecule has 1 fully saturated rings. The molecule has 144 valence electrons. The van der Waals surface area contributed by atoms with Gasteiger partial charge < -0.3 is 20.4 Å². The minimum atomic E-state index is -0.0399. The van der Waals surface area contributed by atoms with Crippen LogP contribution in [0.4, 0.5) is 22.0 Å². The molecule has 0 saturated carbocycles. The molecular weight excluding hydrogens is 340 g/mol. The van der Waals surface area contributed by atoms with Crippen molar-refractivity contribution >= 4 is 23.2 Å². The Kier molecular flexibility index (Phi) is 6.11. The molecule has 3 heterocycles. The molecular formula is C20H28N6O. The van der Waals surface area contributed by atoms with Gasteiger partial charge in [-0.05, 0) is 49.9 Å². The topological polar surface area (TPSA) is 73.4 Å². The maximum atomic E-state index is 12.6. The molecule has 1 unspecified atom stereocenters. The maximum absolute atomic E-state index is 12.6. The summed E-state index contributed by atoms with van der Waals surface area (Å²) in [5.41, 5.74) is 2.81. The summed E-state index contributed by atoms with van der Waals surface area (Å²) >= 11 is 0. The molecule has 7 heteroatoms. The van der Waals surface area contributed by atoms with Gasteiger partial charge in [0, 0.05) is 51.3 Å². The highest BCUT2D eigenvalue weighted by atomic mass is 16.2. The Labute approximate surface area is 160 Å². The van der Waals surface area contributed by atoms with Crippen molar-refractivity contribution in [3.63, 3.8) is 0 Å². The number of urea groups is 1. The Morgan fingerprint density at radius 1 is 1.19 bits per heavy atom. The summed E-state index contributed by atoms with van der Waals surface area (Å²) in [6.07, 6.45) is 8.25. The molecule has 0 radical (unpaired) electrons. The van der Waals surface area contributed by atoms with Gasteiger partial charge in [0.1, 0.15) is 5.82 Å². The molecule has 0 aromatic carbocycles. The Morgan fingerprint density at radius 2 is 2.04 bits per heavy atom. The first-order valence-electron chi connectivity index (χ1n) is 9.39. The van der Waals surface area contributed by atoms with Crippen LogP contribution in [-0.4, -0.2) is 54.1 Å². The summed E-state index contributed by atoms with van der Waals surface area (Å²) in [6, 6.07) is 6.21. The van der Waals surface area contributed by atoms with Crippen LogP contribution in [0.15, 0.2) is 36.8 Å². The molecule has 0 bridgehead atoms. The molecule has 3 rings (SSSR count). The molecule has 1 saturated heterocycles. The Balaban J connectivity index is 1.54. The third-order valence-electron chi connectivity index (χ3n) is 4.85. The first-order valence-corrected chi connectivity index (χ1v) is 9.39. The van der Waals surface area contributed by atoms with Crippen molar-refractivity contribution in [2.24, 2.45) is 0 Å². The van der Waals surface area contributed by atoms with Gasteiger partial charge in [-0.1, -0.05) is 0 Å². The van der Waals surface area contributed by atoms with E-state index in [1.54, 1.807) is 12.4 Å². The summed E-state index contributed by atoms with van der Waals surface area (Å²) in [4.78, 5) is 25.0. The number of likely N-dealkylation sites (tertiary alicyclic amines) is 1. The Hall–Kier alpha value is -2.83. The van der Waals surface area contributed by atoms with Crippen LogP contribution in [0.1, 0.15) is 24.8 Å². The van der Waals surface area contributed by atoms with Crippen molar-refractivity contribution in [1.29, 1.82) is 0 Å². The van der Waals surface area contributed by atoms with Crippen molar-refractivity contribution in [2.45, 2.75) is 32.2 Å². The van der Waals surface area contributed by atoms with E-state index in [-0.39, 0.29) is 6.03 Å². The lowest BCUT2D eigenvalue weighted by molar-refractivity contribution is 0.213. The van der Waals surface area contributed by atoms with E-state index in [0.29, 0.717) is 6.04 Å². The second kappa shape index (κ2) is 8.70. The van der Waals surface area contributed by atoms with E-state index in [1.807, 2.05) is 49.1 Å². The maximum Gasteiger partial charge on any atom is 0.321 e. The van der Waals surface area contributed by atoms with Crippen LogP contribution < -0.4 is 15.5 Å². The molecule has 2 aromatic heterocycles. The monoisotopic (exact) mass is 368 g/mol. The third-order valence-corrected chi connectivity index (χ3v) is 4.85. The first kappa shape index (κ1) is 18.9. The quantitative estimate of drug-likeness (QED) is 0.866. The zero-order valence-corrected chi connectivity index (χ0v) is 16.3. The number of anilines is 3. The number of hydrogen-bond donors (Lipinski definition) is 2. The Morgan fingerprint density at radius 3 is 2.74 bits per heavy atom. The number of amides is 2. The van der Waals surface area contributed by atoms with E-state index >= 15 is 0 Å². The second-order valence-electron chi connectivity index (χ2n) is 7.18. The Bertz CT molecular complexity index is 761. The average molecular weight is 368 g/mol. The van der Waals surface area contributed by atoms with Crippen LogP contribution in [0.5, 0.6) is 0 Å². The van der Waals surface area contributed by atoms with Crippen molar-refractivity contribution in [2.75, 3.05) is 42.7 Å². The molecule has 2 N–H and O–H groups in total. The van der Waals surface area contributed by atoms with Gasteiger partial charge in [-0.3, -0.25) is 4.98 Å². The second-order valence-corrected chi connectivity index (χ2v) is 7.18. The lowest BCUT2D eigenvalue weighted by atomic mass is 10.1. The fraction of sp³-hybridized carbons (Fsp3) is 0.450. The summed E-state index contributed by atoms with van der Waals surface area (Å²) in [6.45, 7) is 3.45. The van der Waals surface area contributed by atoms with E-state index in [4.69, 9.17) is 0 Å². The van der Waals surface area contributed by atoms with Gasteiger partial charge in [0.15, 0.2) is 0 Å². The minimum absolute atomic E-state index is 0.0399. The number of hydrogen-bond acceptors (Lipinski definition) is 5. The normalized spacial score (nSPS) is 17.1. The van der Waals surface area contributed by atoms with Gasteiger partial charge in [0.2, 0.25) is 0 Å². The van der Waals surface area contributed by atoms with Crippen molar-refractivity contribution < 1.29 is 4.79 Å². The predicted octanol–water partition coefficient (Wildman–Crippen LogP) is 3.35. The number of pyridine rings is 2. The largest absolute Gasteiger partial charge is 0.381 e. The van der Waals surface area contributed by atoms with Crippen molar-refractivity contribution in [3.8, 4) is 0 Å². The molecule has 1 aliphatic rings. The smallest absolute Gasteiger partial charge is 0.321 e. The zero-order chi connectivity index (χ0) is 19.2. The molecule has 2 aromatic rings. The lowest BCUT2D eigenvalue weighted by Gasteiger charge is -2.22. The highest BCUT2D eigenvalue weighted by Crippen LogP contribution is 2.19. The van der Waals surface area contributed by atoms with Crippen LogP contribution in [-0.2, 0) is 0 Å². The molecule has 27 heavy (non-hydrogen) atoms. The van der Waals surface area contributed by atoms with Gasteiger partial charge in [-0.2, -0.15) is 0 Å². The molecule has 1 atom stereocenters. The molecule has 1 aliphatic heterocycles. The van der Waals surface area contributed by atoms with E-state index < -0.39 is 0 Å². The fourth-order valence-corrected chi connectivity index (χ4v) is 3.22. The molecule has 2 amide bonds. The van der Waals surface area contributed by atoms with E-state index in [1.165, 1.54) is 0 Å². The third kappa shape index (κ3) is 5.09. The molecule has 0 spiro atoms. The highest BCUT2D eigenvalue weighted by Gasteiger charge is 2.21. The van der Waals surface area contributed by atoms with Gasteiger partial charge in [-0.15, -0.1) is 0 Å². The number of rotatable bonds is 4. The average Bonchev–Trinajstić information content (AvgIpc) is 2.90. The van der Waals surface area contributed by atoms with Crippen LogP contribution in [0.2, 0.25) is 0 Å². The van der Waals surface area contributed by atoms with Gasteiger partial charge in [-0.25, -0.2) is 9.78 Å². The summed E-state index contributed by atoms with van der Waals surface area (Å²) in [7, 11) is 3.96. The molecule has 0 aliphatic carbocycles. The zero-order valence-electron chi connectivity index (χ0n) is 16.3. The number of nitrogens with zero attached hydrogens (tertiary/aromatic N) is 4. The fourth-order valence-electron chi connectivity index (χ4n) is 3.22. The van der Waals surface area contributed by atoms with Crippen LogP contribution in [0.25, 0.3) is 0 Å². The number of carbonyl (C=O) groups is 1. The minimum Gasteiger partial charge on any atom is -0.381 e. The summed E-state index contributed by atoms with van der Waals surface area (Å²) in [5.74, 6) is 0.940.